The van der Waals surface area contributed by atoms with Crippen LogP contribution in [0.15, 0.2) is 40.7 Å². The number of halogens is 3. The van der Waals surface area contributed by atoms with E-state index in [9.17, 15) is 21.6 Å². The second-order valence-corrected chi connectivity index (χ2v) is 7.15. The van der Waals surface area contributed by atoms with Crippen molar-refractivity contribution in [3.05, 3.63) is 30.5 Å². The highest BCUT2D eigenvalue weighted by Crippen LogP contribution is 2.34. The Labute approximate surface area is 154 Å². The second kappa shape index (κ2) is 7.94. The number of aryl methyl sites for hydroxylation is 1. The van der Waals surface area contributed by atoms with Gasteiger partial charge in [-0.2, -0.15) is 26.7 Å². The first-order chi connectivity index (χ1) is 12.6. The van der Waals surface area contributed by atoms with Gasteiger partial charge in [-0.15, -0.1) is 10.2 Å². The number of benzene rings is 1. The van der Waals surface area contributed by atoms with Crippen LogP contribution in [-0.2, 0) is 17.1 Å². The molecule has 8 nitrogen and oxygen atoms in total. The van der Waals surface area contributed by atoms with E-state index in [1.54, 1.807) is 30.1 Å². The molecule has 1 heterocycles. The maximum Gasteiger partial charge on any atom is 0.516 e. The van der Waals surface area contributed by atoms with Crippen LogP contribution in [0.25, 0.3) is 0 Å². The third kappa shape index (κ3) is 4.96. The van der Waals surface area contributed by atoms with Crippen LogP contribution in [0.4, 0.5) is 36.1 Å². The number of nitrogens with one attached hydrogen (secondary N) is 1. The Morgan fingerprint density at radius 3 is 2.37 bits per heavy atom. The van der Waals surface area contributed by atoms with Gasteiger partial charge >= 0.3 is 15.5 Å². The number of alkyl halides is 3. The molecule has 2 aromatic rings. The fourth-order valence-electron chi connectivity index (χ4n) is 2.24. The summed E-state index contributed by atoms with van der Waals surface area (Å²) < 4.78 is 64.4. The Bertz CT molecular complexity index is 920. The van der Waals surface area contributed by atoms with E-state index in [4.69, 9.17) is 0 Å². The molecule has 0 saturated heterocycles. The number of hydrogen-bond donors (Lipinski definition) is 1. The normalized spacial score (nSPS) is 12.5. The van der Waals surface area contributed by atoms with Gasteiger partial charge in [0.25, 0.3) is 0 Å². The minimum Gasteiger partial charge on any atom is -0.372 e. The first-order valence-electron chi connectivity index (χ1n) is 7.97. The zero-order chi connectivity index (χ0) is 20.2. The lowest BCUT2D eigenvalue weighted by atomic mass is 10.2. The van der Waals surface area contributed by atoms with E-state index in [0.717, 1.165) is 0 Å². The molecule has 2 rings (SSSR count). The van der Waals surface area contributed by atoms with Crippen LogP contribution >= 0.6 is 0 Å². The number of azo groups is 1. The lowest BCUT2D eigenvalue weighted by Crippen LogP contribution is -2.30. The third-order valence-corrected chi connectivity index (χ3v) is 4.72. The van der Waals surface area contributed by atoms with Crippen molar-refractivity contribution in [3.63, 3.8) is 0 Å². The molecule has 0 aliphatic rings. The van der Waals surface area contributed by atoms with Crippen molar-refractivity contribution in [1.82, 2.24) is 9.78 Å². The molecule has 1 aromatic heterocycles. The van der Waals surface area contributed by atoms with Crippen LogP contribution in [-0.4, -0.2) is 36.8 Å². The van der Waals surface area contributed by atoms with Gasteiger partial charge in [-0.05, 0) is 32.0 Å². The summed E-state index contributed by atoms with van der Waals surface area (Å²) in [4.78, 5) is 1.85. The van der Waals surface area contributed by atoms with E-state index in [0.29, 0.717) is 18.8 Å². The molecule has 1 N–H and O–H groups in total. The quantitative estimate of drug-likeness (QED) is 0.708. The minimum absolute atomic E-state index is 0.0654. The highest BCUT2D eigenvalue weighted by Gasteiger charge is 2.46. The van der Waals surface area contributed by atoms with E-state index in [-0.39, 0.29) is 17.2 Å². The Kier molecular flexibility index (Phi) is 6.08. The van der Waals surface area contributed by atoms with Crippen molar-refractivity contribution in [1.29, 1.82) is 0 Å². The molecule has 148 valence electrons. The van der Waals surface area contributed by atoms with Crippen molar-refractivity contribution >= 4 is 32.9 Å². The molecule has 0 spiro atoms. The van der Waals surface area contributed by atoms with Gasteiger partial charge in [-0.1, -0.05) is 0 Å². The molecule has 0 amide bonds. The molecular weight excluding hydrogens is 385 g/mol. The molecule has 0 radical (unpaired) electrons. The summed E-state index contributed by atoms with van der Waals surface area (Å²) in [7, 11) is -3.93. The van der Waals surface area contributed by atoms with Crippen LogP contribution in [0.1, 0.15) is 13.8 Å². The third-order valence-electron chi connectivity index (χ3n) is 3.62. The average Bonchev–Trinajstić information content (AvgIpc) is 2.99. The molecule has 0 aliphatic heterocycles. The summed E-state index contributed by atoms with van der Waals surface area (Å²) in [6.45, 7) is 4.93. The van der Waals surface area contributed by atoms with E-state index in [2.05, 4.69) is 15.3 Å². The number of aromatic nitrogens is 2. The Hall–Kier alpha value is -2.63. The smallest absolute Gasteiger partial charge is 0.372 e. The minimum atomic E-state index is -5.60. The second-order valence-electron chi connectivity index (χ2n) is 5.47. The molecule has 0 fully saturated rings. The number of sulfonamides is 1. The van der Waals surface area contributed by atoms with Gasteiger partial charge in [0.2, 0.25) is 0 Å². The fraction of sp³-hybridized carbons (Fsp3) is 0.400. The largest absolute Gasteiger partial charge is 0.516 e. The fourth-order valence-corrected chi connectivity index (χ4v) is 2.81. The predicted octanol–water partition coefficient (Wildman–Crippen LogP) is 3.94. The number of rotatable bonds is 7. The van der Waals surface area contributed by atoms with Gasteiger partial charge in [-0.3, -0.25) is 9.40 Å². The van der Waals surface area contributed by atoms with Gasteiger partial charge in [-0.25, -0.2) is 0 Å². The molecule has 27 heavy (non-hydrogen) atoms. The summed E-state index contributed by atoms with van der Waals surface area (Å²) in [5, 5.41) is 11.6. The van der Waals surface area contributed by atoms with E-state index in [1.807, 2.05) is 18.7 Å². The van der Waals surface area contributed by atoms with Crippen molar-refractivity contribution in [2.24, 2.45) is 17.3 Å². The van der Waals surface area contributed by atoms with Gasteiger partial charge in [0.05, 0.1) is 5.69 Å². The number of nitrogens with zero attached hydrogens (tertiary/aromatic N) is 5. The first kappa shape index (κ1) is 20.7. The summed E-state index contributed by atoms with van der Waals surface area (Å²) in [5.74, 6) is 0.231. The average molecular weight is 404 g/mol. The topological polar surface area (TPSA) is 91.9 Å². The Morgan fingerprint density at radius 2 is 1.85 bits per heavy atom. The van der Waals surface area contributed by atoms with Gasteiger partial charge in [0, 0.05) is 38.1 Å². The summed E-state index contributed by atoms with van der Waals surface area (Å²) >= 11 is 0. The van der Waals surface area contributed by atoms with E-state index in [1.165, 1.54) is 16.8 Å². The molecule has 0 unspecified atom stereocenters. The van der Waals surface area contributed by atoms with Crippen LogP contribution in [0, 0.1) is 0 Å². The SMILES string of the molecule is CCN(CC)c1ccc(N=Nc2ccn(C)n2)c(NS(=O)(=O)C(F)(F)F)c1. The summed E-state index contributed by atoms with van der Waals surface area (Å²) in [6.07, 6.45) is 1.62. The zero-order valence-electron chi connectivity index (χ0n) is 14.9. The van der Waals surface area contributed by atoms with Crippen LogP contribution < -0.4 is 9.62 Å². The molecule has 0 saturated carbocycles. The highest BCUT2D eigenvalue weighted by molar-refractivity contribution is 7.93. The first-order valence-corrected chi connectivity index (χ1v) is 9.45. The van der Waals surface area contributed by atoms with E-state index >= 15 is 0 Å². The zero-order valence-corrected chi connectivity index (χ0v) is 15.7. The van der Waals surface area contributed by atoms with Gasteiger partial charge in [0.15, 0.2) is 5.82 Å². The van der Waals surface area contributed by atoms with Crippen molar-refractivity contribution in [2.45, 2.75) is 19.4 Å². The van der Waals surface area contributed by atoms with Crippen LogP contribution in [0.2, 0.25) is 0 Å². The monoisotopic (exact) mass is 404 g/mol. The molecule has 1 aromatic carbocycles. The lowest BCUT2D eigenvalue weighted by molar-refractivity contribution is -0.0429. The van der Waals surface area contributed by atoms with E-state index < -0.39 is 15.5 Å². The van der Waals surface area contributed by atoms with Crippen molar-refractivity contribution in [2.75, 3.05) is 22.7 Å². The van der Waals surface area contributed by atoms with Gasteiger partial charge < -0.3 is 4.90 Å². The Morgan fingerprint density at radius 1 is 1.19 bits per heavy atom. The maximum absolute atomic E-state index is 12.8. The van der Waals surface area contributed by atoms with Crippen LogP contribution in [0.3, 0.4) is 0 Å². The Balaban J connectivity index is 2.47. The number of anilines is 2. The summed E-state index contributed by atoms with van der Waals surface area (Å²) in [6, 6.07) is 5.87. The van der Waals surface area contributed by atoms with Crippen molar-refractivity contribution < 1.29 is 21.6 Å². The molecule has 12 heteroatoms. The van der Waals surface area contributed by atoms with Crippen LogP contribution in [0.5, 0.6) is 0 Å². The number of hydrogen-bond acceptors (Lipinski definition) is 6. The summed E-state index contributed by atoms with van der Waals surface area (Å²) in [5.41, 5.74) is -5.29. The molecule has 0 aliphatic carbocycles. The molecule has 0 bridgehead atoms. The van der Waals surface area contributed by atoms with Crippen molar-refractivity contribution in [3.8, 4) is 0 Å². The molecular formula is C15H19F3N6O2S. The standard InChI is InChI=1S/C15H19F3N6O2S/c1-4-24(5-2)11-6-7-12(19-20-14-8-9-23(3)21-14)13(10-11)22-27(25,26)15(16,17)18/h6-10,22H,4-5H2,1-3H3. The predicted molar refractivity (Wildman–Crippen MR) is 96.0 cm³/mol. The lowest BCUT2D eigenvalue weighted by Gasteiger charge is -2.22. The molecule has 0 atom stereocenters. The maximum atomic E-state index is 12.8. The van der Waals surface area contributed by atoms with Gasteiger partial charge in [0.1, 0.15) is 5.69 Å². The highest BCUT2D eigenvalue weighted by atomic mass is 32.2.